The third-order valence-electron chi connectivity index (χ3n) is 2.80. The number of halogens is 1. The largest absolute Gasteiger partial charge is 0.468 e. The van der Waals surface area contributed by atoms with Gasteiger partial charge in [0.25, 0.3) is 0 Å². The molecule has 0 aromatic heterocycles. The minimum absolute atomic E-state index is 0.0848. The van der Waals surface area contributed by atoms with Gasteiger partial charge in [-0.1, -0.05) is 17.7 Å². The molecule has 0 aliphatic carbocycles. The van der Waals surface area contributed by atoms with E-state index in [0.29, 0.717) is 0 Å². The first-order chi connectivity index (χ1) is 10.8. The molecular weight excluding hydrogens is 322 g/mol. The van der Waals surface area contributed by atoms with Crippen molar-refractivity contribution in [2.45, 2.75) is 26.9 Å². The Hall–Kier alpha value is -2.21. The first-order valence-electron chi connectivity index (χ1n) is 6.89. The molecule has 0 bridgehead atoms. The molecule has 0 N–H and O–H groups in total. The van der Waals surface area contributed by atoms with E-state index in [2.05, 4.69) is 9.73 Å². The van der Waals surface area contributed by atoms with E-state index in [1.165, 1.54) is 20.1 Å². The van der Waals surface area contributed by atoms with E-state index in [-0.39, 0.29) is 22.4 Å². The summed E-state index contributed by atoms with van der Waals surface area (Å²) in [5.41, 5.74) is 0.410. The Kier molecular flexibility index (Phi) is 6.90. The van der Waals surface area contributed by atoms with Crippen molar-refractivity contribution < 1.29 is 23.9 Å². The van der Waals surface area contributed by atoms with Crippen LogP contribution in [-0.2, 0) is 19.1 Å². The van der Waals surface area contributed by atoms with Crippen LogP contribution in [0.4, 0.5) is 5.69 Å². The second-order valence-electron chi connectivity index (χ2n) is 4.98. The Morgan fingerprint density at radius 2 is 1.91 bits per heavy atom. The number of Topliss-reactive ketones (excluding diaryl/α,β-unsaturated/α-hetero) is 1. The van der Waals surface area contributed by atoms with Crippen molar-refractivity contribution in [3.63, 3.8) is 0 Å². The van der Waals surface area contributed by atoms with Crippen molar-refractivity contribution in [2.75, 3.05) is 7.11 Å². The lowest BCUT2D eigenvalue weighted by molar-refractivity contribution is -0.145. The molecule has 0 amide bonds. The van der Waals surface area contributed by atoms with Gasteiger partial charge in [-0.3, -0.25) is 14.6 Å². The lowest BCUT2D eigenvalue weighted by Gasteiger charge is -2.10. The molecule has 23 heavy (non-hydrogen) atoms. The van der Waals surface area contributed by atoms with Crippen LogP contribution in [0.1, 0.15) is 31.1 Å². The Morgan fingerprint density at radius 1 is 1.26 bits per heavy atom. The molecule has 0 fully saturated rings. The second kappa shape index (κ2) is 8.43. The molecule has 0 aliphatic heterocycles. The summed E-state index contributed by atoms with van der Waals surface area (Å²) in [6.45, 7) is 4.70. The number of rotatable bonds is 6. The molecule has 7 heteroatoms. The highest BCUT2D eigenvalue weighted by Crippen LogP contribution is 2.29. The van der Waals surface area contributed by atoms with Gasteiger partial charge in [-0.25, -0.2) is 4.79 Å². The van der Waals surface area contributed by atoms with Crippen LogP contribution in [0.15, 0.2) is 23.2 Å². The third kappa shape index (κ3) is 5.17. The van der Waals surface area contributed by atoms with Gasteiger partial charge >= 0.3 is 11.9 Å². The van der Waals surface area contributed by atoms with E-state index in [1.807, 2.05) is 0 Å². The van der Waals surface area contributed by atoms with Gasteiger partial charge in [-0.15, -0.1) is 0 Å². The van der Waals surface area contributed by atoms with Crippen molar-refractivity contribution in [3.05, 3.63) is 28.8 Å². The molecule has 0 aliphatic rings. The number of methoxy groups -OCH3 is 1. The number of carbonyl (C=O) groups excluding carboxylic acids is 3. The summed E-state index contributed by atoms with van der Waals surface area (Å²) in [4.78, 5) is 38.9. The van der Waals surface area contributed by atoms with Gasteiger partial charge < -0.3 is 9.47 Å². The number of hydrogen-bond donors (Lipinski definition) is 0. The summed E-state index contributed by atoms with van der Waals surface area (Å²) in [5.74, 6) is -2.82. The average Bonchev–Trinajstić information content (AvgIpc) is 2.47. The number of carbonyl (C=O) groups is 3. The first-order valence-corrected chi connectivity index (χ1v) is 7.27. The summed E-state index contributed by atoms with van der Waals surface area (Å²) in [5, 5.41) is 0.0848. The lowest BCUT2D eigenvalue weighted by atomic mass is 10.1. The molecule has 0 saturated carbocycles. The van der Waals surface area contributed by atoms with Gasteiger partial charge in [0, 0.05) is 6.21 Å². The van der Waals surface area contributed by atoms with Crippen LogP contribution in [0.3, 0.4) is 0 Å². The molecule has 124 valence electrons. The fourth-order valence-corrected chi connectivity index (χ4v) is 1.92. The first kappa shape index (κ1) is 18.8. The molecule has 1 atom stereocenters. The van der Waals surface area contributed by atoms with E-state index in [1.54, 1.807) is 26.0 Å². The molecule has 6 nitrogen and oxygen atoms in total. The van der Waals surface area contributed by atoms with E-state index >= 15 is 0 Å². The summed E-state index contributed by atoms with van der Waals surface area (Å²) in [6.07, 6.45) is 0.861. The zero-order chi connectivity index (χ0) is 17.6. The fraction of sp³-hybridized carbons (Fsp3) is 0.375. The van der Waals surface area contributed by atoms with Crippen LogP contribution in [0.25, 0.3) is 0 Å². The van der Waals surface area contributed by atoms with Gasteiger partial charge in [0.15, 0.2) is 5.92 Å². The maximum atomic E-state index is 11.9. The zero-order valence-corrected chi connectivity index (χ0v) is 14.1. The van der Waals surface area contributed by atoms with Gasteiger partial charge in [0.1, 0.15) is 5.78 Å². The van der Waals surface area contributed by atoms with Gasteiger partial charge in [0.2, 0.25) is 0 Å². The third-order valence-corrected chi connectivity index (χ3v) is 3.19. The summed E-state index contributed by atoms with van der Waals surface area (Å²) in [6, 6.07) is 4.64. The van der Waals surface area contributed by atoms with Crippen molar-refractivity contribution >= 4 is 41.2 Å². The molecule has 0 radical (unpaired) electrons. The van der Waals surface area contributed by atoms with E-state index in [0.717, 1.165) is 6.21 Å². The van der Waals surface area contributed by atoms with Crippen LogP contribution in [0.5, 0.6) is 0 Å². The normalized spacial score (nSPS) is 12.3. The van der Waals surface area contributed by atoms with E-state index < -0.39 is 23.6 Å². The van der Waals surface area contributed by atoms with Crippen molar-refractivity contribution in [3.8, 4) is 0 Å². The standard InChI is InChI=1S/C16H18ClNO5/c1-9(2)23-16(21)11-6-5-7-13(14(11)17)18-8-12(10(3)19)15(20)22-4/h5-9,12H,1-4H3. The van der Waals surface area contributed by atoms with Crippen molar-refractivity contribution in [1.29, 1.82) is 0 Å². The van der Waals surface area contributed by atoms with Crippen LogP contribution in [0.2, 0.25) is 5.02 Å². The highest BCUT2D eigenvalue weighted by atomic mass is 35.5. The Balaban J connectivity index is 3.10. The number of esters is 2. The highest BCUT2D eigenvalue weighted by molar-refractivity contribution is 6.36. The van der Waals surface area contributed by atoms with Crippen molar-refractivity contribution in [2.24, 2.45) is 10.9 Å². The van der Waals surface area contributed by atoms with Crippen LogP contribution in [0, 0.1) is 5.92 Å². The summed E-state index contributed by atoms with van der Waals surface area (Å²) >= 11 is 6.15. The molecule has 0 spiro atoms. The minimum atomic E-state index is -1.12. The molecule has 1 unspecified atom stereocenters. The van der Waals surface area contributed by atoms with Gasteiger partial charge in [0.05, 0.1) is 29.5 Å². The number of benzene rings is 1. The Labute approximate surface area is 139 Å². The van der Waals surface area contributed by atoms with E-state index in [4.69, 9.17) is 16.3 Å². The minimum Gasteiger partial charge on any atom is -0.468 e. The number of nitrogens with zero attached hydrogens (tertiary/aromatic N) is 1. The predicted molar refractivity (Wildman–Crippen MR) is 86.3 cm³/mol. The fourth-order valence-electron chi connectivity index (χ4n) is 1.67. The lowest BCUT2D eigenvalue weighted by Crippen LogP contribution is -2.24. The molecule has 0 saturated heterocycles. The van der Waals surface area contributed by atoms with Gasteiger partial charge in [-0.05, 0) is 32.9 Å². The SMILES string of the molecule is COC(=O)C(C=Nc1cccc(C(=O)OC(C)C)c1Cl)C(C)=O. The quantitative estimate of drug-likeness (QED) is 0.452. The highest BCUT2D eigenvalue weighted by Gasteiger charge is 2.22. The molecule has 1 aromatic carbocycles. The van der Waals surface area contributed by atoms with E-state index in [9.17, 15) is 14.4 Å². The Bertz CT molecular complexity index is 639. The van der Waals surface area contributed by atoms with Crippen molar-refractivity contribution in [1.82, 2.24) is 0 Å². The number of hydrogen-bond acceptors (Lipinski definition) is 6. The molecule has 0 heterocycles. The van der Waals surface area contributed by atoms with Crippen LogP contribution in [-0.4, -0.2) is 37.2 Å². The number of ketones is 1. The van der Waals surface area contributed by atoms with Crippen LogP contribution >= 0.6 is 11.6 Å². The molecular formula is C16H18ClNO5. The maximum Gasteiger partial charge on any atom is 0.339 e. The summed E-state index contributed by atoms with van der Waals surface area (Å²) in [7, 11) is 1.18. The number of ether oxygens (including phenoxy) is 2. The predicted octanol–water partition coefficient (Wildman–Crippen LogP) is 2.99. The maximum absolute atomic E-state index is 11.9. The zero-order valence-electron chi connectivity index (χ0n) is 13.3. The monoisotopic (exact) mass is 339 g/mol. The van der Waals surface area contributed by atoms with Crippen LogP contribution < -0.4 is 0 Å². The second-order valence-corrected chi connectivity index (χ2v) is 5.36. The molecule has 1 aromatic rings. The topological polar surface area (TPSA) is 82.0 Å². The number of aliphatic imine (C=N–C) groups is 1. The molecule has 1 rings (SSSR count). The van der Waals surface area contributed by atoms with Gasteiger partial charge in [-0.2, -0.15) is 0 Å². The smallest absolute Gasteiger partial charge is 0.339 e. The average molecular weight is 340 g/mol. The Morgan fingerprint density at radius 3 is 2.43 bits per heavy atom. The summed E-state index contributed by atoms with van der Waals surface area (Å²) < 4.78 is 9.63.